The Hall–Kier alpha value is -6.10. The highest BCUT2D eigenvalue weighted by atomic mass is 32.2. The molecule has 6 atom stereocenters. The largest absolute Gasteiger partial charge is 0.541 e. The number of piperazine rings is 1. The number of aromatic nitrogens is 2. The number of quaternary nitrogens is 1. The number of thioether (sulfide) groups is 1. The molecule has 4 aliphatic rings. The molecule has 0 saturated carbocycles. The molecule has 0 radical (unpaired) electrons. The lowest BCUT2D eigenvalue weighted by atomic mass is 10.0. The number of hydrogen-bond donors (Lipinski definition) is 2. The van der Waals surface area contributed by atoms with E-state index in [2.05, 4.69) is 30.2 Å². The second-order valence-corrected chi connectivity index (χ2v) is 20.3. The first-order chi connectivity index (χ1) is 33.9. The standard InChI is InChI=1S/C44H55B2N8O14PS2/c1-7-30(40(59)65-45)67-50-33(27-22-71-42(47-27)49-43(61)64-44(2,3)4)36(56)48-34-38(58)53-35(41(60)66-46)24(21-70-39(34)53)20-54-13-8-9-25(54)18-51(12-14-54)37(57)28-16-29(55)32(68-69)19-52(28)17-23-10-11-26(62-5)15-31(23)63-6/h10-11,15-16,19,22,25,30,34,39H,7-9,12-14,17-18,20-21,45-46,69H2,1-6H3,(H-,47,48,49,56,61)/p+1/b50-33-/t25-,30-,34+,39+,54?/m0/s1. The van der Waals surface area contributed by atoms with Gasteiger partial charge >= 0.3 is 34.1 Å². The van der Waals surface area contributed by atoms with Crippen molar-refractivity contribution in [1.82, 2.24) is 24.7 Å². The zero-order valence-corrected chi connectivity index (χ0v) is 43.4. The van der Waals surface area contributed by atoms with Crippen molar-refractivity contribution in [3.63, 3.8) is 0 Å². The SMILES string of the molecule is BOC(=O)C1=C(C[N+]23CCC[C@H]2CN(C(=O)c2cc(=O)c(OP)cn2Cc2ccc(OC)cc2OC)CC3)CS[C@@H]2[C@H](NC(=O)/C(=N\O[C@@H](CC)C(=O)OB)c3csc(NC(=O)OC(C)(C)C)n3)C(=O)N12. The zero-order chi connectivity index (χ0) is 51.4. The van der Waals surface area contributed by atoms with Crippen LogP contribution in [0.4, 0.5) is 9.93 Å². The van der Waals surface area contributed by atoms with E-state index >= 15 is 0 Å². The van der Waals surface area contributed by atoms with Crippen molar-refractivity contribution in [3.8, 4) is 17.2 Å². The van der Waals surface area contributed by atoms with E-state index in [-0.39, 0.29) is 52.9 Å². The first-order valence-electron chi connectivity index (χ1n) is 22.7. The van der Waals surface area contributed by atoms with Crippen molar-refractivity contribution < 1.29 is 66.1 Å². The minimum absolute atomic E-state index is 0.0190. The number of pyridine rings is 1. The summed E-state index contributed by atoms with van der Waals surface area (Å²) in [7, 11) is 7.59. The number of carbonyl (C=O) groups is 6. The summed E-state index contributed by atoms with van der Waals surface area (Å²) in [4.78, 5) is 107. The first kappa shape index (κ1) is 52.7. The Labute approximate surface area is 421 Å². The van der Waals surface area contributed by atoms with Crippen LogP contribution < -0.4 is 30.1 Å². The summed E-state index contributed by atoms with van der Waals surface area (Å²) in [6.07, 6.45) is 1.39. The number of benzene rings is 1. The van der Waals surface area contributed by atoms with Crippen molar-refractivity contribution in [2.24, 2.45) is 5.16 Å². The molecule has 27 heteroatoms. The summed E-state index contributed by atoms with van der Waals surface area (Å²) < 4.78 is 33.9. The quantitative estimate of drug-likeness (QED) is 0.0484. The van der Waals surface area contributed by atoms with Gasteiger partial charge in [-0.1, -0.05) is 12.1 Å². The number of carbonyl (C=O) groups excluding carboxylic acids is 6. The lowest BCUT2D eigenvalue weighted by molar-refractivity contribution is -0.938. The van der Waals surface area contributed by atoms with E-state index in [4.69, 9.17) is 32.9 Å². The number of ether oxygens (including phenoxy) is 3. The number of hydrogen-bond acceptors (Lipinski definition) is 18. The molecular formula is C44H56B2N8O14PS2+. The van der Waals surface area contributed by atoms with Crippen molar-refractivity contribution in [2.75, 3.05) is 58.0 Å². The van der Waals surface area contributed by atoms with E-state index in [1.54, 1.807) is 63.5 Å². The van der Waals surface area contributed by atoms with Gasteiger partial charge in [0.05, 0.1) is 62.6 Å². The van der Waals surface area contributed by atoms with Gasteiger partial charge in [0.2, 0.25) is 11.5 Å². The molecule has 1 aromatic carbocycles. The van der Waals surface area contributed by atoms with Crippen molar-refractivity contribution in [3.05, 3.63) is 74.3 Å². The molecule has 4 aliphatic heterocycles. The summed E-state index contributed by atoms with van der Waals surface area (Å²) in [5.74, 6) is -1.67. The van der Waals surface area contributed by atoms with Gasteiger partial charge in [-0.15, -0.1) is 23.1 Å². The monoisotopic (exact) mass is 1040 g/mol. The van der Waals surface area contributed by atoms with Crippen molar-refractivity contribution in [1.29, 1.82) is 0 Å². The molecule has 2 unspecified atom stereocenters. The fourth-order valence-corrected chi connectivity index (χ4v) is 11.3. The maximum absolute atomic E-state index is 14.5. The second-order valence-electron chi connectivity index (χ2n) is 18.1. The minimum Gasteiger partial charge on any atom is -0.541 e. The van der Waals surface area contributed by atoms with Crippen LogP contribution in [0.2, 0.25) is 0 Å². The smallest absolute Gasteiger partial charge is 0.413 e. The number of methoxy groups -OCH3 is 2. The number of fused-ring (bicyclic) bond motifs is 2. The van der Waals surface area contributed by atoms with Gasteiger partial charge in [-0.2, -0.15) is 0 Å². The lowest BCUT2D eigenvalue weighted by Gasteiger charge is -2.52. The first-order valence-corrected chi connectivity index (χ1v) is 25.1. The molecule has 4 amide bonds. The molecule has 7 rings (SSSR count). The number of oxime groups is 1. The molecule has 378 valence electrons. The van der Waals surface area contributed by atoms with Crippen LogP contribution in [0.25, 0.3) is 0 Å². The van der Waals surface area contributed by atoms with E-state index in [0.717, 1.165) is 36.3 Å². The average Bonchev–Trinajstić information content (AvgIpc) is 3.99. The molecule has 3 saturated heterocycles. The van der Waals surface area contributed by atoms with Gasteiger partial charge < -0.3 is 52.1 Å². The lowest BCUT2D eigenvalue weighted by Crippen LogP contribution is -2.71. The fourth-order valence-electron chi connectivity index (χ4n) is 9.13. The summed E-state index contributed by atoms with van der Waals surface area (Å²) in [5.41, 5.74) is 0.0757. The van der Waals surface area contributed by atoms with E-state index in [1.807, 2.05) is 6.07 Å². The highest BCUT2D eigenvalue weighted by molar-refractivity contribution is 8.00. The Balaban J connectivity index is 1.09. The molecule has 0 spiro atoms. The van der Waals surface area contributed by atoms with Crippen LogP contribution in [0.15, 0.2) is 57.1 Å². The summed E-state index contributed by atoms with van der Waals surface area (Å²) in [6, 6.07) is 5.52. The number of nitrogens with one attached hydrogen (secondary N) is 2. The molecule has 3 fully saturated rings. The van der Waals surface area contributed by atoms with Crippen LogP contribution in [0, 0.1) is 0 Å². The normalized spacial score (nSPS) is 21.2. The minimum atomic E-state index is -1.17. The Morgan fingerprint density at radius 2 is 1.83 bits per heavy atom. The Bertz CT molecular complexity index is 2720. The van der Waals surface area contributed by atoms with Gasteiger partial charge in [0, 0.05) is 47.2 Å². The van der Waals surface area contributed by atoms with Crippen LogP contribution in [-0.2, 0) is 44.6 Å². The van der Waals surface area contributed by atoms with Crippen LogP contribution in [0.1, 0.15) is 68.7 Å². The number of amides is 4. The summed E-state index contributed by atoms with van der Waals surface area (Å²) >= 11 is 2.35. The van der Waals surface area contributed by atoms with Gasteiger partial charge in [-0.3, -0.25) is 29.4 Å². The van der Waals surface area contributed by atoms with Crippen LogP contribution in [0.3, 0.4) is 0 Å². The Morgan fingerprint density at radius 3 is 2.51 bits per heavy atom. The number of nitrogens with zero attached hydrogens (tertiary/aromatic N) is 6. The average molecular weight is 1040 g/mol. The van der Waals surface area contributed by atoms with Crippen LogP contribution >= 0.6 is 32.6 Å². The molecule has 0 bridgehead atoms. The Kier molecular flexibility index (Phi) is 16.4. The third kappa shape index (κ3) is 11.3. The van der Waals surface area contributed by atoms with Gasteiger partial charge in [-0.05, 0) is 39.3 Å². The van der Waals surface area contributed by atoms with Gasteiger partial charge in [0.1, 0.15) is 58.2 Å². The zero-order valence-electron chi connectivity index (χ0n) is 40.6. The maximum Gasteiger partial charge on any atom is 0.413 e. The highest BCUT2D eigenvalue weighted by Crippen LogP contribution is 2.43. The molecule has 2 N–H and O–H groups in total. The topological polar surface area (TPSA) is 245 Å². The van der Waals surface area contributed by atoms with Gasteiger partial charge in [0.15, 0.2) is 16.6 Å². The molecular weight excluding hydrogens is 981 g/mol. The molecule has 2 aromatic heterocycles. The number of rotatable bonds is 17. The molecule has 3 aromatic rings. The Morgan fingerprint density at radius 1 is 1.06 bits per heavy atom. The molecule has 0 aliphatic carbocycles. The van der Waals surface area contributed by atoms with Crippen molar-refractivity contribution in [2.45, 2.75) is 82.7 Å². The van der Waals surface area contributed by atoms with E-state index < -0.39 is 64.1 Å². The van der Waals surface area contributed by atoms with Gasteiger partial charge in [-0.25, -0.2) is 19.4 Å². The number of thiazole rings is 1. The summed E-state index contributed by atoms with van der Waals surface area (Å²) in [6.45, 7) is 9.43. The van der Waals surface area contributed by atoms with E-state index in [0.29, 0.717) is 53.5 Å². The number of anilines is 1. The molecule has 6 heterocycles. The van der Waals surface area contributed by atoms with Crippen molar-refractivity contribution >= 4 is 95.3 Å². The molecule has 71 heavy (non-hydrogen) atoms. The second kappa shape index (κ2) is 22.1. The summed E-state index contributed by atoms with van der Waals surface area (Å²) in [5, 5.41) is 10.1. The van der Waals surface area contributed by atoms with E-state index in [1.165, 1.54) is 50.4 Å². The molecule has 22 nitrogen and oxygen atoms in total. The highest BCUT2D eigenvalue weighted by Gasteiger charge is 2.56. The fraction of sp³-hybridized carbons (Fsp3) is 0.477. The van der Waals surface area contributed by atoms with Gasteiger partial charge in [0.25, 0.3) is 17.7 Å². The predicted octanol–water partition coefficient (Wildman–Crippen LogP) is 1.36. The number of β-lactam (4-membered cyclic amide) rings is 1. The van der Waals surface area contributed by atoms with E-state index in [9.17, 15) is 33.6 Å². The third-order valence-electron chi connectivity index (χ3n) is 12.6. The van der Waals surface area contributed by atoms with Crippen LogP contribution in [0.5, 0.6) is 17.2 Å². The van der Waals surface area contributed by atoms with Crippen LogP contribution in [-0.4, -0.2) is 163 Å². The third-order valence-corrected chi connectivity index (χ3v) is 15.0. The maximum atomic E-state index is 14.5. The predicted molar refractivity (Wildman–Crippen MR) is 268 cm³/mol.